The van der Waals surface area contributed by atoms with E-state index in [0.717, 1.165) is 11.5 Å². The van der Waals surface area contributed by atoms with Gasteiger partial charge in [-0.25, -0.2) is 0 Å². The first-order valence-corrected chi connectivity index (χ1v) is 19.3. The van der Waals surface area contributed by atoms with Crippen molar-refractivity contribution in [2.75, 3.05) is 0 Å². The normalized spacial score (nSPS) is 16.7. The Kier molecular flexibility index (Phi) is 5.56. The van der Waals surface area contributed by atoms with Gasteiger partial charge in [-0.1, -0.05) is 176 Å². The van der Waals surface area contributed by atoms with Gasteiger partial charge in [0.2, 0.25) is 0 Å². The zero-order valence-electron chi connectivity index (χ0n) is 29.9. The minimum atomic E-state index is -0.530. The number of ether oxygens (including phenoxy) is 1. The number of hydrogen-bond donors (Lipinski definition) is 0. The highest BCUT2D eigenvalue weighted by Gasteiger charge is 2.54. The van der Waals surface area contributed by atoms with Gasteiger partial charge in [0.05, 0.1) is 10.8 Å². The first-order chi connectivity index (χ1) is 27.3. The number of rotatable bonds is 1. The van der Waals surface area contributed by atoms with Gasteiger partial charge < -0.3 is 4.74 Å². The molecule has 1 aliphatic heterocycles. The molecule has 0 amide bonds. The van der Waals surface area contributed by atoms with E-state index in [9.17, 15) is 0 Å². The SMILES string of the molecule is c1ccc2c(c1)Oc1ccc(-c3cccc4c3C3(c5ccccc5-4)c4ccccc4-c4c3ccc3ccccc43)cc1C21c2ccccc2-c2ccccc21. The Morgan fingerprint density at radius 1 is 0.309 bits per heavy atom. The van der Waals surface area contributed by atoms with Crippen molar-refractivity contribution in [1.29, 1.82) is 0 Å². The van der Waals surface area contributed by atoms with Crippen LogP contribution in [-0.4, -0.2) is 0 Å². The Labute approximate surface area is 319 Å². The summed E-state index contributed by atoms with van der Waals surface area (Å²) in [6, 6.07) is 72.4. The summed E-state index contributed by atoms with van der Waals surface area (Å²) in [5, 5.41) is 2.57. The molecule has 0 aromatic heterocycles. The Morgan fingerprint density at radius 2 is 0.836 bits per heavy atom. The van der Waals surface area contributed by atoms with E-state index < -0.39 is 10.8 Å². The smallest absolute Gasteiger partial charge is 0.132 e. The van der Waals surface area contributed by atoms with Gasteiger partial charge in [-0.15, -0.1) is 0 Å². The molecule has 254 valence electrons. The summed E-state index contributed by atoms with van der Waals surface area (Å²) in [7, 11) is 0. The zero-order valence-corrected chi connectivity index (χ0v) is 29.9. The van der Waals surface area contributed by atoms with Crippen LogP contribution in [0.4, 0.5) is 0 Å². The van der Waals surface area contributed by atoms with Gasteiger partial charge in [0, 0.05) is 11.1 Å². The minimum Gasteiger partial charge on any atom is -0.457 e. The third-order valence-electron chi connectivity index (χ3n) is 13.2. The summed E-state index contributed by atoms with van der Waals surface area (Å²) < 4.78 is 6.86. The fraction of sp³-hybridized carbons (Fsp3) is 0.0370. The molecule has 13 rings (SSSR count). The average molecular weight is 697 g/mol. The molecular weight excluding hydrogens is 665 g/mol. The predicted octanol–water partition coefficient (Wildman–Crippen LogP) is 13.3. The second-order valence-electron chi connectivity index (χ2n) is 15.4. The Morgan fingerprint density at radius 3 is 1.58 bits per heavy atom. The molecule has 0 saturated heterocycles. The molecule has 55 heavy (non-hydrogen) atoms. The van der Waals surface area contributed by atoms with Crippen LogP contribution in [0, 0.1) is 0 Å². The van der Waals surface area contributed by atoms with E-state index in [-0.39, 0.29) is 0 Å². The first-order valence-electron chi connectivity index (χ1n) is 19.3. The highest BCUT2D eigenvalue weighted by Crippen LogP contribution is 2.66. The van der Waals surface area contributed by atoms with Gasteiger partial charge >= 0.3 is 0 Å². The van der Waals surface area contributed by atoms with Crippen molar-refractivity contribution in [2.45, 2.75) is 10.8 Å². The highest BCUT2D eigenvalue weighted by atomic mass is 16.5. The number of para-hydroxylation sites is 1. The van der Waals surface area contributed by atoms with E-state index in [1.165, 1.54) is 99.8 Å². The van der Waals surface area contributed by atoms with Crippen molar-refractivity contribution in [3.63, 3.8) is 0 Å². The summed E-state index contributed by atoms with van der Waals surface area (Å²) in [4.78, 5) is 0. The van der Waals surface area contributed by atoms with E-state index in [1.807, 2.05) is 0 Å². The summed E-state index contributed by atoms with van der Waals surface area (Å²) in [5.41, 5.74) is 19.7. The van der Waals surface area contributed by atoms with Crippen molar-refractivity contribution < 1.29 is 4.74 Å². The van der Waals surface area contributed by atoms with Gasteiger partial charge in [0.1, 0.15) is 11.5 Å². The van der Waals surface area contributed by atoms with Crippen molar-refractivity contribution in [1.82, 2.24) is 0 Å². The third-order valence-corrected chi connectivity index (χ3v) is 13.2. The largest absolute Gasteiger partial charge is 0.457 e. The summed E-state index contributed by atoms with van der Waals surface area (Å²) >= 11 is 0. The van der Waals surface area contributed by atoms with E-state index in [1.54, 1.807) is 0 Å². The first kappa shape index (κ1) is 29.5. The van der Waals surface area contributed by atoms with Crippen LogP contribution >= 0.6 is 0 Å². The number of fused-ring (bicyclic) bond motifs is 21. The van der Waals surface area contributed by atoms with E-state index in [4.69, 9.17) is 4.74 Å². The highest BCUT2D eigenvalue weighted by molar-refractivity contribution is 6.07. The standard InChI is InChI=1S/C54H32O/c1-2-15-35-33(14-1)28-30-47-51(35)41-19-6-10-25-45(41)54(47)44-24-9-5-18-39(44)40-21-13-20-36(52(40)54)34-29-31-50-48(32-34)53(46-26-11-12-27-49(46)55-50)42-22-7-3-16-37(42)38-17-4-8-23-43(38)53/h1-32H. The van der Waals surface area contributed by atoms with E-state index in [0.29, 0.717) is 0 Å². The molecular formula is C54H32O. The summed E-state index contributed by atoms with van der Waals surface area (Å²) in [5.74, 6) is 1.82. The molecule has 0 radical (unpaired) electrons. The summed E-state index contributed by atoms with van der Waals surface area (Å²) in [6.07, 6.45) is 0. The molecule has 0 N–H and O–H groups in total. The molecule has 0 saturated carbocycles. The average Bonchev–Trinajstić information content (AvgIpc) is 3.84. The minimum absolute atomic E-state index is 0.484. The maximum atomic E-state index is 6.86. The fourth-order valence-electron chi connectivity index (χ4n) is 11.2. The Hall–Kier alpha value is -6.96. The van der Waals surface area contributed by atoms with Crippen molar-refractivity contribution in [3.8, 4) is 56.0 Å². The lowest BCUT2D eigenvalue weighted by atomic mass is 9.65. The molecule has 3 aliphatic carbocycles. The molecule has 2 spiro atoms. The van der Waals surface area contributed by atoms with Gasteiger partial charge in [0.25, 0.3) is 0 Å². The van der Waals surface area contributed by atoms with E-state index >= 15 is 0 Å². The molecule has 1 heteroatoms. The maximum Gasteiger partial charge on any atom is 0.132 e. The summed E-state index contributed by atoms with van der Waals surface area (Å²) in [6.45, 7) is 0. The molecule has 1 heterocycles. The van der Waals surface area contributed by atoms with Gasteiger partial charge in [0.15, 0.2) is 0 Å². The van der Waals surface area contributed by atoms with Gasteiger partial charge in [-0.05, 0) is 107 Å². The molecule has 4 aliphatic rings. The molecule has 0 bridgehead atoms. The van der Waals surface area contributed by atoms with Crippen LogP contribution < -0.4 is 4.74 Å². The maximum absolute atomic E-state index is 6.86. The van der Waals surface area contributed by atoms with Crippen LogP contribution in [0.15, 0.2) is 194 Å². The van der Waals surface area contributed by atoms with Crippen LogP contribution in [0.5, 0.6) is 11.5 Å². The Bertz CT molecular complexity index is 3100. The van der Waals surface area contributed by atoms with Crippen molar-refractivity contribution >= 4 is 10.8 Å². The lowest BCUT2D eigenvalue weighted by Crippen LogP contribution is -2.32. The van der Waals surface area contributed by atoms with Crippen LogP contribution in [0.2, 0.25) is 0 Å². The molecule has 0 fully saturated rings. The second kappa shape index (κ2) is 10.4. The lowest BCUT2D eigenvalue weighted by molar-refractivity contribution is 0.436. The fourth-order valence-corrected chi connectivity index (χ4v) is 11.2. The lowest BCUT2D eigenvalue weighted by Gasteiger charge is -2.39. The Balaban J connectivity index is 1.14. The van der Waals surface area contributed by atoms with Gasteiger partial charge in [-0.3, -0.25) is 0 Å². The topological polar surface area (TPSA) is 9.23 Å². The molecule has 1 unspecified atom stereocenters. The van der Waals surface area contributed by atoms with Crippen LogP contribution in [0.1, 0.15) is 44.5 Å². The quantitative estimate of drug-likeness (QED) is 0.166. The number of hydrogen-bond acceptors (Lipinski definition) is 1. The second-order valence-corrected chi connectivity index (χ2v) is 15.4. The van der Waals surface area contributed by atoms with Crippen LogP contribution in [-0.2, 0) is 10.8 Å². The van der Waals surface area contributed by atoms with Gasteiger partial charge in [-0.2, -0.15) is 0 Å². The van der Waals surface area contributed by atoms with Crippen LogP contribution in [0.25, 0.3) is 55.3 Å². The molecule has 1 nitrogen and oxygen atoms in total. The molecule has 9 aromatic rings. The van der Waals surface area contributed by atoms with Crippen molar-refractivity contribution in [3.05, 3.63) is 239 Å². The zero-order chi connectivity index (χ0) is 35.9. The molecule has 1 atom stereocenters. The predicted molar refractivity (Wildman–Crippen MR) is 223 cm³/mol. The van der Waals surface area contributed by atoms with Crippen molar-refractivity contribution in [2.24, 2.45) is 0 Å². The number of benzene rings is 9. The molecule has 9 aromatic carbocycles. The van der Waals surface area contributed by atoms with Crippen LogP contribution in [0.3, 0.4) is 0 Å². The monoisotopic (exact) mass is 696 g/mol. The van der Waals surface area contributed by atoms with E-state index in [2.05, 4.69) is 194 Å². The third kappa shape index (κ3) is 3.42.